The van der Waals surface area contributed by atoms with Gasteiger partial charge in [0.05, 0.1) is 16.7 Å². The van der Waals surface area contributed by atoms with E-state index in [1.165, 1.54) is 0 Å². The molecule has 0 unspecified atom stereocenters. The lowest BCUT2D eigenvalue weighted by molar-refractivity contribution is 0.602. The van der Waals surface area contributed by atoms with Crippen LogP contribution in [-0.4, -0.2) is 18.4 Å². The summed E-state index contributed by atoms with van der Waals surface area (Å²) in [6, 6.07) is 15.9. The van der Waals surface area contributed by atoms with Gasteiger partial charge in [-0.1, -0.05) is 30.3 Å². The molecule has 4 rings (SSSR count). The molecule has 1 N–H and O–H groups in total. The molecule has 0 fully saturated rings. The third-order valence-electron chi connectivity index (χ3n) is 3.81. The average Bonchev–Trinajstić information content (AvgIpc) is 2.61. The van der Waals surface area contributed by atoms with Crippen LogP contribution in [0.2, 0.25) is 0 Å². The van der Waals surface area contributed by atoms with Crippen molar-refractivity contribution in [1.82, 2.24) is 9.97 Å². The molecule has 2 heterocycles. The van der Waals surface area contributed by atoms with Gasteiger partial charge >= 0.3 is 0 Å². The van der Waals surface area contributed by atoms with E-state index >= 15 is 0 Å². The number of fused-ring (bicyclic) bond motifs is 2. The van der Waals surface area contributed by atoms with Gasteiger partial charge in [-0.2, -0.15) is 0 Å². The summed E-state index contributed by atoms with van der Waals surface area (Å²) in [5, 5.41) is 1.61. The Morgan fingerprint density at radius 3 is 2.52 bits per heavy atom. The summed E-state index contributed by atoms with van der Waals surface area (Å²) >= 11 is 3.37. The van der Waals surface area contributed by atoms with Gasteiger partial charge in [0.2, 0.25) is 0 Å². The molecule has 7 heteroatoms. The number of halogens is 1. The zero-order valence-electron chi connectivity index (χ0n) is 12.8. The summed E-state index contributed by atoms with van der Waals surface area (Å²) in [6.45, 7) is 0. The Labute approximate surface area is 152 Å². The Morgan fingerprint density at radius 1 is 0.880 bits per heavy atom. The maximum absolute atomic E-state index is 12.9. The van der Waals surface area contributed by atoms with Crippen LogP contribution in [0.25, 0.3) is 21.8 Å². The van der Waals surface area contributed by atoms with Crippen molar-refractivity contribution in [3.8, 4) is 0 Å². The molecular weight excluding hydrogens is 402 g/mol. The summed E-state index contributed by atoms with van der Waals surface area (Å²) in [5.41, 5.74) is 1.45. The summed E-state index contributed by atoms with van der Waals surface area (Å²) in [6.07, 6.45) is 3.22. The zero-order valence-corrected chi connectivity index (χ0v) is 15.3. The number of anilines is 1. The molecule has 0 aliphatic heterocycles. The molecule has 0 amide bonds. The van der Waals surface area contributed by atoms with Gasteiger partial charge < -0.3 is 0 Å². The van der Waals surface area contributed by atoms with Gasteiger partial charge in [0.1, 0.15) is 4.90 Å². The molecule has 0 spiro atoms. The fourth-order valence-electron chi connectivity index (χ4n) is 2.71. The molecule has 4 aromatic rings. The summed E-state index contributed by atoms with van der Waals surface area (Å²) in [7, 11) is -3.81. The van der Waals surface area contributed by atoms with Gasteiger partial charge in [-0.25, -0.2) is 8.42 Å². The summed E-state index contributed by atoms with van der Waals surface area (Å²) in [4.78, 5) is 8.69. The van der Waals surface area contributed by atoms with Gasteiger partial charge in [-0.15, -0.1) is 0 Å². The fourth-order valence-corrected chi connectivity index (χ4v) is 4.31. The van der Waals surface area contributed by atoms with Gasteiger partial charge in [0.15, 0.2) is 0 Å². The quantitative estimate of drug-likeness (QED) is 0.541. The second-order valence-corrected chi connectivity index (χ2v) is 8.03. The first-order valence-corrected chi connectivity index (χ1v) is 9.73. The first-order valence-electron chi connectivity index (χ1n) is 7.45. The first-order chi connectivity index (χ1) is 12.0. The molecule has 0 saturated heterocycles. The molecule has 2 aromatic heterocycles. The highest BCUT2D eigenvalue weighted by molar-refractivity contribution is 9.10. The average molecular weight is 414 g/mol. The molecule has 0 aliphatic rings. The lowest BCUT2D eigenvalue weighted by atomic mass is 10.2. The van der Waals surface area contributed by atoms with Gasteiger partial charge in [0.25, 0.3) is 10.0 Å². The van der Waals surface area contributed by atoms with Crippen molar-refractivity contribution in [2.24, 2.45) is 0 Å². The topological polar surface area (TPSA) is 72.0 Å². The number of hydrogen-bond donors (Lipinski definition) is 1. The van der Waals surface area contributed by atoms with Crippen molar-refractivity contribution < 1.29 is 8.42 Å². The Hall–Kier alpha value is -2.51. The van der Waals surface area contributed by atoms with Crippen LogP contribution in [0.3, 0.4) is 0 Å². The van der Waals surface area contributed by atoms with Gasteiger partial charge in [-0.3, -0.25) is 14.7 Å². The molecule has 124 valence electrons. The Kier molecular flexibility index (Phi) is 3.89. The van der Waals surface area contributed by atoms with E-state index in [4.69, 9.17) is 0 Å². The van der Waals surface area contributed by atoms with Gasteiger partial charge in [-0.05, 0) is 40.2 Å². The molecule has 0 saturated carbocycles. The van der Waals surface area contributed by atoms with E-state index in [1.54, 1.807) is 42.7 Å². The predicted molar refractivity (Wildman–Crippen MR) is 102 cm³/mol. The Balaban J connectivity index is 1.85. The van der Waals surface area contributed by atoms with Crippen molar-refractivity contribution in [2.75, 3.05) is 4.72 Å². The monoisotopic (exact) mass is 413 g/mol. The number of hydrogen-bond acceptors (Lipinski definition) is 4. The number of nitrogens with one attached hydrogen (secondary N) is 1. The number of pyridine rings is 2. The molecule has 0 radical (unpaired) electrons. The minimum absolute atomic E-state index is 0.139. The highest BCUT2D eigenvalue weighted by atomic mass is 79.9. The Bertz CT molecular complexity index is 1200. The van der Waals surface area contributed by atoms with Crippen molar-refractivity contribution in [1.29, 1.82) is 0 Å². The van der Waals surface area contributed by atoms with Crippen molar-refractivity contribution >= 4 is 53.4 Å². The maximum atomic E-state index is 12.9. The van der Waals surface area contributed by atoms with Crippen LogP contribution in [0, 0.1) is 0 Å². The van der Waals surface area contributed by atoms with Crippen LogP contribution < -0.4 is 4.72 Å². The first kappa shape index (κ1) is 16.0. The third kappa shape index (κ3) is 2.96. The molecule has 25 heavy (non-hydrogen) atoms. The van der Waals surface area contributed by atoms with E-state index < -0.39 is 10.0 Å². The Morgan fingerprint density at radius 2 is 1.64 bits per heavy atom. The van der Waals surface area contributed by atoms with Crippen LogP contribution >= 0.6 is 15.9 Å². The summed E-state index contributed by atoms with van der Waals surface area (Å²) < 4.78 is 29.4. The van der Waals surface area contributed by atoms with E-state index in [0.717, 1.165) is 15.2 Å². The van der Waals surface area contributed by atoms with Crippen molar-refractivity contribution in [2.45, 2.75) is 4.90 Å². The van der Waals surface area contributed by atoms with E-state index in [9.17, 15) is 8.42 Å². The number of sulfonamides is 1. The molecule has 2 aromatic carbocycles. The predicted octanol–water partition coefficient (Wildman–Crippen LogP) is 4.35. The third-order valence-corrected chi connectivity index (χ3v) is 5.64. The lowest BCUT2D eigenvalue weighted by Crippen LogP contribution is -2.14. The van der Waals surface area contributed by atoms with Crippen LogP contribution in [0.4, 0.5) is 5.69 Å². The zero-order chi connectivity index (χ0) is 17.4. The molecule has 5 nitrogen and oxygen atoms in total. The normalized spacial score (nSPS) is 11.7. The minimum Gasteiger partial charge on any atom is -0.277 e. The van der Waals surface area contributed by atoms with Crippen LogP contribution in [0.15, 0.2) is 76.4 Å². The minimum atomic E-state index is -3.81. The van der Waals surface area contributed by atoms with E-state index in [0.29, 0.717) is 16.7 Å². The molecule has 0 atom stereocenters. The van der Waals surface area contributed by atoms with Crippen molar-refractivity contribution in [3.63, 3.8) is 0 Å². The number of nitrogens with zero attached hydrogens (tertiary/aromatic N) is 2. The molecule has 0 aliphatic carbocycles. The lowest BCUT2D eigenvalue weighted by Gasteiger charge is -2.11. The van der Waals surface area contributed by atoms with Crippen LogP contribution in [0.5, 0.6) is 0 Å². The van der Waals surface area contributed by atoms with Crippen LogP contribution in [-0.2, 0) is 10.0 Å². The van der Waals surface area contributed by atoms with Gasteiger partial charge in [0, 0.05) is 27.6 Å². The number of aromatic nitrogens is 2. The smallest absolute Gasteiger partial charge is 0.264 e. The second kappa shape index (κ2) is 6.09. The van der Waals surface area contributed by atoms with E-state index in [1.807, 2.05) is 24.3 Å². The summed E-state index contributed by atoms with van der Waals surface area (Å²) in [5.74, 6) is 0. The van der Waals surface area contributed by atoms with E-state index in [-0.39, 0.29) is 4.90 Å². The number of para-hydroxylation sites is 2. The van der Waals surface area contributed by atoms with Crippen molar-refractivity contribution in [3.05, 3.63) is 71.5 Å². The second-order valence-electron chi connectivity index (χ2n) is 5.47. The fraction of sp³-hybridized carbons (Fsp3) is 0. The number of rotatable bonds is 3. The van der Waals surface area contributed by atoms with Crippen LogP contribution in [0.1, 0.15) is 0 Å². The largest absolute Gasteiger partial charge is 0.277 e. The highest BCUT2D eigenvalue weighted by Crippen LogP contribution is 2.28. The van der Waals surface area contributed by atoms with E-state index in [2.05, 4.69) is 30.6 Å². The highest BCUT2D eigenvalue weighted by Gasteiger charge is 2.19. The maximum Gasteiger partial charge on any atom is 0.264 e. The molecular formula is C18H12BrN3O2S. The SMILES string of the molecule is O=S(=O)(Nc1cccc2cc(Br)cnc12)c1cccc2cccnc12. The number of benzene rings is 2. The standard InChI is InChI=1S/C18H12BrN3O2S/c19-14-10-13-5-1-7-15(17(13)21-11-14)22-25(23,24)16-8-2-4-12-6-3-9-20-18(12)16/h1-11,22H. The molecule has 0 bridgehead atoms.